The number of ether oxygens (including phenoxy) is 2. The molecule has 1 N–H and O–H groups in total. The van der Waals surface area contributed by atoms with Crippen LogP contribution in [0, 0.1) is 0 Å². The van der Waals surface area contributed by atoms with E-state index < -0.39 is 11.9 Å². The molecule has 0 radical (unpaired) electrons. The van der Waals surface area contributed by atoms with Crippen LogP contribution < -0.4 is 0 Å². The Labute approximate surface area is 122 Å². The summed E-state index contributed by atoms with van der Waals surface area (Å²) in [5.41, 5.74) is 0.723. The minimum absolute atomic E-state index is 0.0144. The van der Waals surface area contributed by atoms with E-state index in [1.165, 1.54) is 18.2 Å². The highest BCUT2D eigenvalue weighted by Crippen LogP contribution is 2.14. The van der Waals surface area contributed by atoms with Crippen molar-refractivity contribution in [1.82, 2.24) is 0 Å². The minimum atomic E-state index is -1.14. The van der Waals surface area contributed by atoms with Crippen LogP contribution in [0.3, 0.4) is 0 Å². The molecular formula is C15H18O6. The van der Waals surface area contributed by atoms with Crippen molar-refractivity contribution in [3.63, 3.8) is 0 Å². The topological polar surface area (TPSA) is 89.9 Å². The van der Waals surface area contributed by atoms with E-state index in [-0.39, 0.29) is 30.1 Å². The largest absolute Gasteiger partial charge is 0.478 e. The monoisotopic (exact) mass is 294 g/mol. The summed E-state index contributed by atoms with van der Waals surface area (Å²) in [6, 6.07) is 4.22. The summed E-state index contributed by atoms with van der Waals surface area (Å²) in [4.78, 5) is 34.1. The molecule has 1 rings (SSSR count). The maximum absolute atomic E-state index is 11.7. The molecule has 0 unspecified atom stereocenters. The van der Waals surface area contributed by atoms with Gasteiger partial charge in [0.15, 0.2) is 0 Å². The van der Waals surface area contributed by atoms with Crippen LogP contribution in [0.25, 0.3) is 0 Å². The molecule has 0 aliphatic heterocycles. The Morgan fingerprint density at radius 2 is 1.62 bits per heavy atom. The first-order valence-electron chi connectivity index (χ1n) is 6.67. The molecule has 0 amide bonds. The molecule has 0 fully saturated rings. The molecule has 0 bridgehead atoms. The van der Waals surface area contributed by atoms with Gasteiger partial charge in [-0.05, 0) is 44.0 Å². The zero-order valence-corrected chi connectivity index (χ0v) is 12.0. The normalized spacial score (nSPS) is 10.0. The average molecular weight is 294 g/mol. The molecule has 0 aromatic heterocycles. The van der Waals surface area contributed by atoms with E-state index in [1.807, 2.05) is 0 Å². The number of aryl methyl sites for hydroxylation is 1. The van der Waals surface area contributed by atoms with Gasteiger partial charge in [-0.15, -0.1) is 0 Å². The van der Waals surface area contributed by atoms with Crippen LogP contribution in [-0.2, 0) is 20.7 Å². The maximum Gasteiger partial charge on any atom is 0.338 e. The molecule has 0 saturated carbocycles. The lowest BCUT2D eigenvalue weighted by Crippen LogP contribution is -2.09. The Hall–Kier alpha value is -2.37. The number of esters is 2. The predicted molar refractivity (Wildman–Crippen MR) is 74.3 cm³/mol. The number of carboxylic acid groups (broad SMARTS) is 1. The van der Waals surface area contributed by atoms with Crippen LogP contribution in [0.15, 0.2) is 18.2 Å². The molecule has 0 spiro atoms. The molecule has 0 atom stereocenters. The standard InChI is InChI=1S/C15H18O6/c1-3-20-13(16)6-5-10-7-11(14(17)18)9-12(8-10)15(19)21-4-2/h7-9H,3-6H2,1-2H3,(H,17,18). The van der Waals surface area contributed by atoms with Crippen LogP contribution in [0.5, 0.6) is 0 Å². The third-order valence-corrected chi connectivity index (χ3v) is 2.67. The SMILES string of the molecule is CCOC(=O)CCc1cc(C(=O)O)cc(C(=O)OCC)c1. The second-order valence-electron chi connectivity index (χ2n) is 4.25. The number of aromatic carboxylic acids is 1. The molecule has 0 saturated heterocycles. The van der Waals surface area contributed by atoms with E-state index in [1.54, 1.807) is 13.8 Å². The summed E-state index contributed by atoms with van der Waals surface area (Å²) in [5, 5.41) is 9.06. The molecule has 114 valence electrons. The maximum atomic E-state index is 11.7. The number of carboxylic acids is 1. The molecule has 6 heteroatoms. The van der Waals surface area contributed by atoms with Crippen molar-refractivity contribution >= 4 is 17.9 Å². The van der Waals surface area contributed by atoms with Gasteiger partial charge in [0.2, 0.25) is 0 Å². The first-order chi connectivity index (χ1) is 9.97. The Morgan fingerprint density at radius 1 is 1.00 bits per heavy atom. The summed E-state index contributed by atoms with van der Waals surface area (Å²) in [7, 11) is 0. The zero-order chi connectivity index (χ0) is 15.8. The molecule has 0 aliphatic carbocycles. The van der Waals surface area contributed by atoms with Gasteiger partial charge < -0.3 is 14.6 Å². The fraction of sp³-hybridized carbons (Fsp3) is 0.400. The van der Waals surface area contributed by atoms with Gasteiger partial charge in [0.25, 0.3) is 0 Å². The van der Waals surface area contributed by atoms with Crippen LogP contribution in [0.4, 0.5) is 0 Å². The lowest BCUT2D eigenvalue weighted by molar-refractivity contribution is -0.143. The van der Waals surface area contributed by atoms with Gasteiger partial charge in [-0.25, -0.2) is 9.59 Å². The molecule has 0 aliphatic rings. The summed E-state index contributed by atoms with van der Waals surface area (Å²) in [6.45, 7) is 3.87. The van der Waals surface area contributed by atoms with E-state index in [0.29, 0.717) is 18.6 Å². The minimum Gasteiger partial charge on any atom is -0.478 e. The first-order valence-corrected chi connectivity index (χ1v) is 6.67. The van der Waals surface area contributed by atoms with Gasteiger partial charge in [0.05, 0.1) is 24.3 Å². The van der Waals surface area contributed by atoms with Gasteiger partial charge in [0, 0.05) is 6.42 Å². The van der Waals surface area contributed by atoms with Gasteiger partial charge in [-0.1, -0.05) is 0 Å². The van der Waals surface area contributed by atoms with Crippen molar-refractivity contribution in [2.24, 2.45) is 0 Å². The molecule has 0 heterocycles. The quantitative estimate of drug-likeness (QED) is 0.774. The number of hydrogen-bond donors (Lipinski definition) is 1. The molecule has 21 heavy (non-hydrogen) atoms. The lowest BCUT2D eigenvalue weighted by Gasteiger charge is -2.07. The van der Waals surface area contributed by atoms with Crippen molar-refractivity contribution in [3.8, 4) is 0 Å². The Morgan fingerprint density at radius 3 is 2.19 bits per heavy atom. The van der Waals surface area contributed by atoms with E-state index in [9.17, 15) is 14.4 Å². The number of carbonyl (C=O) groups is 3. The number of hydrogen-bond acceptors (Lipinski definition) is 5. The molecule has 1 aromatic carbocycles. The Balaban J connectivity index is 2.94. The summed E-state index contributed by atoms with van der Waals surface area (Å²) < 4.78 is 9.67. The van der Waals surface area contributed by atoms with Crippen molar-refractivity contribution < 1.29 is 29.0 Å². The van der Waals surface area contributed by atoms with Gasteiger partial charge in [0.1, 0.15) is 0 Å². The molecule has 1 aromatic rings. The Bertz CT molecular complexity index is 535. The van der Waals surface area contributed by atoms with Gasteiger partial charge in [-0.2, -0.15) is 0 Å². The Kier molecular flexibility index (Phi) is 6.39. The summed E-state index contributed by atoms with van der Waals surface area (Å²) in [5.74, 6) is -2.09. The average Bonchev–Trinajstić information content (AvgIpc) is 2.45. The van der Waals surface area contributed by atoms with Crippen LogP contribution >= 0.6 is 0 Å². The third-order valence-electron chi connectivity index (χ3n) is 2.67. The highest BCUT2D eigenvalue weighted by Gasteiger charge is 2.14. The predicted octanol–water partition coefficient (Wildman–Crippen LogP) is 2.06. The van der Waals surface area contributed by atoms with Crippen molar-refractivity contribution in [2.75, 3.05) is 13.2 Å². The van der Waals surface area contributed by atoms with E-state index in [0.717, 1.165) is 0 Å². The first kappa shape index (κ1) is 16.7. The summed E-state index contributed by atoms with van der Waals surface area (Å²) >= 11 is 0. The van der Waals surface area contributed by atoms with Crippen LogP contribution in [-0.4, -0.2) is 36.2 Å². The lowest BCUT2D eigenvalue weighted by atomic mass is 10.0. The highest BCUT2D eigenvalue weighted by atomic mass is 16.5. The van der Waals surface area contributed by atoms with Crippen molar-refractivity contribution in [1.29, 1.82) is 0 Å². The molecule has 6 nitrogen and oxygen atoms in total. The number of rotatable bonds is 7. The van der Waals surface area contributed by atoms with E-state index in [2.05, 4.69) is 0 Å². The van der Waals surface area contributed by atoms with Crippen LogP contribution in [0.2, 0.25) is 0 Å². The van der Waals surface area contributed by atoms with E-state index >= 15 is 0 Å². The van der Waals surface area contributed by atoms with Crippen LogP contribution in [0.1, 0.15) is 46.5 Å². The van der Waals surface area contributed by atoms with Crippen molar-refractivity contribution in [2.45, 2.75) is 26.7 Å². The second-order valence-corrected chi connectivity index (χ2v) is 4.25. The van der Waals surface area contributed by atoms with Gasteiger partial charge >= 0.3 is 17.9 Å². The number of benzene rings is 1. The fourth-order valence-corrected chi connectivity index (χ4v) is 1.77. The third kappa shape index (κ3) is 5.25. The fourth-order valence-electron chi connectivity index (χ4n) is 1.77. The zero-order valence-electron chi connectivity index (χ0n) is 12.0. The van der Waals surface area contributed by atoms with Crippen molar-refractivity contribution in [3.05, 3.63) is 34.9 Å². The second kappa shape index (κ2) is 8.04. The van der Waals surface area contributed by atoms with E-state index in [4.69, 9.17) is 14.6 Å². The highest BCUT2D eigenvalue weighted by molar-refractivity contribution is 5.95. The number of carbonyl (C=O) groups excluding carboxylic acids is 2. The molecular weight excluding hydrogens is 276 g/mol. The summed E-state index contributed by atoms with van der Waals surface area (Å²) in [6.07, 6.45) is 0.422. The smallest absolute Gasteiger partial charge is 0.338 e. The van der Waals surface area contributed by atoms with Gasteiger partial charge in [-0.3, -0.25) is 4.79 Å².